The summed E-state index contributed by atoms with van der Waals surface area (Å²) in [5.74, 6) is -1.06. The monoisotopic (exact) mass is 863 g/mol. The first kappa shape index (κ1) is 58.6. The van der Waals surface area contributed by atoms with Gasteiger partial charge in [0.2, 0.25) is 0 Å². The number of carbonyl (C=O) groups is 3. The predicted octanol–water partition coefficient (Wildman–Crippen LogP) is 16.8. The fourth-order valence-electron chi connectivity index (χ4n) is 6.93. The first-order chi connectivity index (χ1) is 30.5. The summed E-state index contributed by atoms with van der Waals surface area (Å²) in [6, 6.07) is 0. The van der Waals surface area contributed by atoms with Gasteiger partial charge in [-0.15, -0.1) is 0 Å². The third-order valence-corrected chi connectivity index (χ3v) is 10.8. The van der Waals surface area contributed by atoms with Crippen LogP contribution in [0.25, 0.3) is 0 Å². The number of allylic oxidation sites excluding steroid dienone is 13. The maximum Gasteiger partial charge on any atom is 0.309 e. The Hall–Kier alpha value is -3.41. The molecular weight excluding hydrogens is 769 g/mol. The molecule has 6 nitrogen and oxygen atoms in total. The van der Waals surface area contributed by atoms with Gasteiger partial charge in [0.15, 0.2) is 6.10 Å². The lowest BCUT2D eigenvalue weighted by atomic mass is 10.0. The van der Waals surface area contributed by atoms with Crippen molar-refractivity contribution in [1.82, 2.24) is 0 Å². The van der Waals surface area contributed by atoms with Crippen LogP contribution >= 0.6 is 0 Å². The molecule has 0 radical (unpaired) electrons. The van der Waals surface area contributed by atoms with E-state index < -0.39 is 12.1 Å². The van der Waals surface area contributed by atoms with E-state index in [0.717, 1.165) is 83.5 Å². The highest BCUT2D eigenvalue weighted by atomic mass is 16.6. The quantitative estimate of drug-likeness (QED) is 0.0199. The summed E-state index contributed by atoms with van der Waals surface area (Å²) in [7, 11) is 0. The number of ether oxygens (including phenoxy) is 3. The van der Waals surface area contributed by atoms with Crippen LogP contribution in [0.4, 0.5) is 0 Å². The first-order valence-electron chi connectivity index (χ1n) is 25.6. The summed E-state index contributed by atoms with van der Waals surface area (Å²) in [6.07, 6.45) is 64.6. The molecule has 0 spiro atoms. The SMILES string of the molecule is CC/C=C\C/C=C\C/C=C\CC(=O)OCC(COC(=O)CCCCCCC\C=C/C=C\C=C/C=C\CCCCC)OC(=O)CCCCCCCCCCCCCCCCCCC. The molecule has 0 saturated carbocycles. The fraction of sp³-hybridized carbons (Fsp3) is 0.696. The molecule has 6 heteroatoms. The lowest BCUT2D eigenvalue weighted by Crippen LogP contribution is -2.30. The average molecular weight is 863 g/mol. The van der Waals surface area contributed by atoms with Crippen molar-refractivity contribution in [2.75, 3.05) is 13.2 Å². The minimum Gasteiger partial charge on any atom is -0.462 e. The fourth-order valence-corrected chi connectivity index (χ4v) is 6.93. The van der Waals surface area contributed by atoms with Crippen molar-refractivity contribution in [2.24, 2.45) is 0 Å². The van der Waals surface area contributed by atoms with Gasteiger partial charge >= 0.3 is 17.9 Å². The molecule has 0 heterocycles. The van der Waals surface area contributed by atoms with Crippen molar-refractivity contribution in [3.63, 3.8) is 0 Å². The Morgan fingerprint density at radius 1 is 0.371 bits per heavy atom. The Morgan fingerprint density at radius 3 is 1.24 bits per heavy atom. The van der Waals surface area contributed by atoms with E-state index in [-0.39, 0.29) is 31.6 Å². The van der Waals surface area contributed by atoms with Crippen molar-refractivity contribution in [2.45, 2.75) is 239 Å². The van der Waals surface area contributed by atoms with E-state index in [1.165, 1.54) is 109 Å². The van der Waals surface area contributed by atoms with Gasteiger partial charge in [-0.2, -0.15) is 0 Å². The van der Waals surface area contributed by atoms with Gasteiger partial charge in [-0.3, -0.25) is 14.4 Å². The minimum atomic E-state index is -0.819. The third-order valence-electron chi connectivity index (χ3n) is 10.8. The van der Waals surface area contributed by atoms with E-state index in [2.05, 4.69) is 93.7 Å². The van der Waals surface area contributed by atoms with E-state index in [1.807, 2.05) is 6.08 Å². The Labute approximate surface area is 382 Å². The van der Waals surface area contributed by atoms with Gasteiger partial charge in [-0.05, 0) is 57.8 Å². The van der Waals surface area contributed by atoms with Crippen molar-refractivity contribution < 1.29 is 28.6 Å². The average Bonchev–Trinajstić information content (AvgIpc) is 3.27. The standard InChI is InChI=1S/C56H94O6/c1-4-7-10-13-16-19-21-23-25-27-29-30-32-34-37-40-43-46-49-55(58)61-52-53(51-60-54(57)48-45-42-39-36-18-15-12-9-6-3)62-56(59)50-47-44-41-38-35-33-31-28-26-24-22-20-17-14-11-8-5-2/h9,12,16,18-19,21,23,25,27,29-30,36,42,45,53H,4-8,10-11,13-15,17,20,22,24,26,28,31-35,37-41,43-44,46-52H2,1-3H3/b12-9-,19-16-,23-21-,27-25-,30-29-,36-18-,45-42-. The maximum absolute atomic E-state index is 12.8. The van der Waals surface area contributed by atoms with Gasteiger partial charge < -0.3 is 14.2 Å². The smallest absolute Gasteiger partial charge is 0.309 e. The molecule has 1 unspecified atom stereocenters. The molecule has 62 heavy (non-hydrogen) atoms. The number of hydrogen-bond donors (Lipinski definition) is 0. The van der Waals surface area contributed by atoms with Crippen LogP contribution < -0.4 is 0 Å². The molecule has 0 amide bonds. The molecule has 0 N–H and O–H groups in total. The lowest BCUT2D eigenvalue weighted by molar-refractivity contribution is -0.166. The number of carbonyl (C=O) groups excluding carboxylic acids is 3. The van der Waals surface area contributed by atoms with Gasteiger partial charge in [0, 0.05) is 12.8 Å². The zero-order valence-electron chi connectivity index (χ0n) is 40.4. The molecule has 0 fully saturated rings. The van der Waals surface area contributed by atoms with Crippen molar-refractivity contribution in [3.8, 4) is 0 Å². The molecule has 0 aromatic heterocycles. The molecule has 0 aliphatic heterocycles. The van der Waals surface area contributed by atoms with Crippen LogP contribution in [0.5, 0.6) is 0 Å². The maximum atomic E-state index is 12.8. The van der Waals surface area contributed by atoms with E-state index >= 15 is 0 Å². The summed E-state index contributed by atoms with van der Waals surface area (Å²) >= 11 is 0. The van der Waals surface area contributed by atoms with Gasteiger partial charge in [0.25, 0.3) is 0 Å². The molecule has 0 aromatic carbocycles. The molecule has 0 aliphatic rings. The highest BCUT2D eigenvalue weighted by Gasteiger charge is 2.19. The Balaban J connectivity index is 4.41. The topological polar surface area (TPSA) is 78.9 Å². The van der Waals surface area contributed by atoms with Crippen LogP contribution in [0.1, 0.15) is 233 Å². The zero-order valence-corrected chi connectivity index (χ0v) is 40.4. The van der Waals surface area contributed by atoms with E-state index in [9.17, 15) is 14.4 Å². The van der Waals surface area contributed by atoms with Crippen molar-refractivity contribution in [1.29, 1.82) is 0 Å². The van der Waals surface area contributed by atoms with Gasteiger partial charge in [0.05, 0.1) is 6.42 Å². The highest BCUT2D eigenvalue weighted by molar-refractivity contribution is 5.72. The molecule has 1 atom stereocenters. The minimum absolute atomic E-state index is 0.115. The molecule has 0 saturated heterocycles. The van der Waals surface area contributed by atoms with E-state index in [4.69, 9.17) is 14.2 Å². The summed E-state index contributed by atoms with van der Waals surface area (Å²) in [5, 5.41) is 0. The molecule has 0 rings (SSSR count). The van der Waals surface area contributed by atoms with Crippen LogP contribution in [-0.4, -0.2) is 37.2 Å². The zero-order chi connectivity index (χ0) is 45.1. The largest absolute Gasteiger partial charge is 0.462 e. The number of unbranched alkanes of at least 4 members (excludes halogenated alkanes) is 24. The molecule has 0 bridgehead atoms. The normalized spacial score (nSPS) is 12.8. The lowest BCUT2D eigenvalue weighted by Gasteiger charge is -2.18. The van der Waals surface area contributed by atoms with E-state index in [0.29, 0.717) is 12.8 Å². The highest BCUT2D eigenvalue weighted by Crippen LogP contribution is 2.15. The third kappa shape index (κ3) is 47.6. The van der Waals surface area contributed by atoms with Crippen LogP contribution in [-0.2, 0) is 28.6 Å². The Morgan fingerprint density at radius 2 is 0.742 bits per heavy atom. The molecule has 0 aromatic rings. The molecular formula is C56H94O6. The number of rotatable bonds is 45. The first-order valence-corrected chi connectivity index (χ1v) is 25.6. The summed E-state index contributed by atoms with van der Waals surface area (Å²) in [4.78, 5) is 37.8. The van der Waals surface area contributed by atoms with Crippen LogP contribution in [0.15, 0.2) is 85.1 Å². The van der Waals surface area contributed by atoms with Crippen LogP contribution in [0.2, 0.25) is 0 Å². The summed E-state index contributed by atoms with van der Waals surface area (Å²) in [6.45, 7) is 6.37. The second-order valence-electron chi connectivity index (χ2n) is 16.8. The number of hydrogen-bond acceptors (Lipinski definition) is 6. The predicted molar refractivity (Wildman–Crippen MR) is 265 cm³/mol. The molecule has 354 valence electrons. The Kier molecular flexibility index (Phi) is 47.5. The van der Waals surface area contributed by atoms with Crippen LogP contribution in [0, 0.1) is 0 Å². The Bertz CT molecular complexity index is 1220. The van der Waals surface area contributed by atoms with Gasteiger partial charge in [-0.1, -0.05) is 241 Å². The summed E-state index contributed by atoms with van der Waals surface area (Å²) < 4.78 is 16.6. The summed E-state index contributed by atoms with van der Waals surface area (Å²) in [5.41, 5.74) is 0. The second kappa shape index (κ2) is 50.2. The van der Waals surface area contributed by atoms with Gasteiger partial charge in [-0.25, -0.2) is 0 Å². The second-order valence-corrected chi connectivity index (χ2v) is 16.8. The van der Waals surface area contributed by atoms with Gasteiger partial charge in [0.1, 0.15) is 13.2 Å². The number of esters is 3. The van der Waals surface area contributed by atoms with Crippen molar-refractivity contribution in [3.05, 3.63) is 85.1 Å². The molecule has 0 aliphatic carbocycles. The van der Waals surface area contributed by atoms with E-state index in [1.54, 1.807) is 6.08 Å². The van der Waals surface area contributed by atoms with Crippen molar-refractivity contribution >= 4 is 17.9 Å². The van der Waals surface area contributed by atoms with Crippen LogP contribution in [0.3, 0.4) is 0 Å².